The molecule has 0 bridgehead atoms. The number of aromatic carboxylic acids is 1. The molecule has 2 heterocycles. The number of hydrogen-bond donors (Lipinski definition) is 1. The molecule has 0 unspecified atom stereocenters. The smallest absolute Gasteiger partial charge is 0.371 e. The highest BCUT2D eigenvalue weighted by molar-refractivity contribution is 7.98. The summed E-state index contributed by atoms with van der Waals surface area (Å²) < 4.78 is 16.2. The summed E-state index contributed by atoms with van der Waals surface area (Å²) in [6, 6.07) is 7.36. The first-order valence-electron chi connectivity index (χ1n) is 6.48. The molecule has 1 aliphatic rings. The third kappa shape index (κ3) is 3.00. The van der Waals surface area contributed by atoms with Crippen molar-refractivity contribution in [3.63, 3.8) is 0 Å². The van der Waals surface area contributed by atoms with Gasteiger partial charge in [0.25, 0.3) is 0 Å². The Morgan fingerprint density at radius 1 is 1.24 bits per heavy atom. The Hall–Kier alpha value is -2.08. The average Bonchev–Trinajstić information content (AvgIpc) is 2.86. The molecule has 5 nitrogen and oxygen atoms in total. The lowest BCUT2D eigenvalue weighted by atomic mass is 10.3. The summed E-state index contributed by atoms with van der Waals surface area (Å²) in [4.78, 5) is 11.9. The number of furan rings is 1. The van der Waals surface area contributed by atoms with Gasteiger partial charge >= 0.3 is 5.97 Å². The Morgan fingerprint density at radius 3 is 2.71 bits per heavy atom. The topological polar surface area (TPSA) is 68.9 Å². The lowest BCUT2D eigenvalue weighted by Gasteiger charge is -2.18. The van der Waals surface area contributed by atoms with Crippen LogP contribution in [-0.4, -0.2) is 24.3 Å². The second kappa shape index (κ2) is 5.73. The second-order valence-electron chi connectivity index (χ2n) is 4.59. The van der Waals surface area contributed by atoms with Crippen LogP contribution in [0.1, 0.15) is 21.9 Å². The van der Waals surface area contributed by atoms with Gasteiger partial charge in [0, 0.05) is 16.2 Å². The molecule has 0 amide bonds. The molecule has 1 aliphatic heterocycles. The highest BCUT2D eigenvalue weighted by Gasteiger charge is 2.15. The van der Waals surface area contributed by atoms with Crippen molar-refractivity contribution in [1.82, 2.24) is 0 Å². The van der Waals surface area contributed by atoms with Crippen LogP contribution in [-0.2, 0) is 5.75 Å². The highest BCUT2D eigenvalue weighted by atomic mass is 32.2. The van der Waals surface area contributed by atoms with E-state index in [1.165, 1.54) is 0 Å². The fourth-order valence-electron chi connectivity index (χ4n) is 2.04. The second-order valence-corrected chi connectivity index (χ2v) is 5.64. The molecule has 0 saturated heterocycles. The minimum absolute atomic E-state index is 0.0229. The van der Waals surface area contributed by atoms with Gasteiger partial charge in [-0.3, -0.25) is 0 Å². The van der Waals surface area contributed by atoms with Gasteiger partial charge in [-0.15, -0.1) is 11.8 Å². The zero-order valence-electron chi connectivity index (χ0n) is 11.4. The van der Waals surface area contributed by atoms with Crippen molar-refractivity contribution in [2.45, 2.75) is 17.6 Å². The number of aryl methyl sites for hydroxylation is 1. The van der Waals surface area contributed by atoms with Crippen LogP contribution in [0.15, 0.2) is 33.6 Å². The van der Waals surface area contributed by atoms with Gasteiger partial charge in [-0.25, -0.2) is 4.79 Å². The van der Waals surface area contributed by atoms with Crippen LogP contribution in [0.25, 0.3) is 0 Å². The van der Waals surface area contributed by atoms with Crippen molar-refractivity contribution in [2.24, 2.45) is 0 Å². The number of carboxylic acids is 1. The number of benzene rings is 1. The Balaban J connectivity index is 1.71. The first kappa shape index (κ1) is 13.9. The van der Waals surface area contributed by atoms with Crippen molar-refractivity contribution in [3.8, 4) is 11.5 Å². The van der Waals surface area contributed by atoms with Gasteiger partial charge < -0.3 is 19.0 Å². The summed E-state index contributed by atoms with van der Waals surface area (Å²) in [7, 11) is 0. The van der Waals surface area contributed by atoms with Crippen molar-refractivity contribution >= 4 is 17.7 Å². The maximum Gasteiger partial charge on any atom is 0.371 e. The summed E-state index contributed by atoms with van der Waals surface area (Å²) in [5.74, 6) is 1.72. The van der Waals surface area contributed by atoms with E-state index < -0.39 is 5.97 Å². The highest BCUT2D eigenvalue weighted by Crippen LogP contribution is 2.35. The van der Waals surface area contributed by atoms with E-state index in [0.717, 1.165) is 22.0 Å². The molecule has 0 atom stereocenters. The van der Waals surface area contributed by atoms with Gasteiger partial charge in [-0.2, -0.15) is 0 Å². The monoisotopic (exact) mass is 306 g/mol. The third-order valence-electron chi connectivity index (χ3n) is 3.14. The van der Waals surface area contributed by atoms with Gasteiger partial charge in [0.15, 0.2) is 11.5 Å². The van der Waals surface area contributed by atoms with Gasteiger partial charge in [0.2, 0.25) is 5.76 Å². The van der Waals surface area contributed by atoms with Crippen molar-refractivity contribution < 1.29 is 23.8 Å². The Bertz CT molecular complexity index is 677. The molecule has 1 aromatic heterocycles. The fraction of sp³-hybridized carbons (Fsp3) is 0.267. The number of ether oxygens (including phenoxy) is 2. The summed E-state index contributed by atoms with van der Waals surface area (Å²) in [5.41, 5.74) is 0.882. The van der Waals surface area contributed by atoms with Crippen LogP contribution in [0.2, 0.25) is 0 Å². The normalized spacial score (nSPS) is 13.2. The lowest BCUT2D eigenvalue weighted by Crippen LogP contribution is -2.15. The molecular formula is C15H14O5S. The number of rotatable bonds is 4. The Morgan fingerprint density at radius 2 is 2.00 bits per heavy atom. The molecule has 21 heavy (non-hydrogen) atoms. The molecule has 3 rings (SSSR count). The number of fused-ring (bicyclic) bond motifs is 1. The molecule has 0 fully saturated rings. The van der Waals surface area contributed by atoms with E-state index in [1.54, 1.807) is 24.8 Å². The van der Waals surface area contributed by atoms with Crippen molar-refractivity contribution in [1.29, 1.82) is 0 Å². The van der Waals surface area contributed by atoms with Crippen LogP contribution >= 0.6 is 11.8 Å². The van der Waals surface area contributed by atoms with Crippen LogP contribution in [0.3, 0.4) is 0 Å². The van der Waals surface area contributed by atoms with Crippen LogP contribution in [0.5, 0.6) is 11.5 Å². The first-order valence-corrected chi connectivity index (χ1v) is 7.47. The minimum Gasteiger partial charge on any atom is -0.486 e. The minimum atomic E-state index is -1.05. The quantitative estimate of drug-likeness (QED) is 0.874. The zero-order chi connectivity index (χ0) is 14.8. The summed E-state index contributed by atoms with van der Waals surface area (Å²) in [6.45, 7) is 2.90. The van der Waals surface area contributed by atoms with E-state index in [1.807, 2.05) is 18.2 Å². The van der Waals surface area contributed by atoms with E-state index in [9.17, 15) is 4.79 Å². The molecule has 6 heteroatoms. The van der Waals surface area contributed by atoms with Crippen molar-refractivity contribution in [3.05, 3.63) is 41.3 Å². The fourth-order valence-corrected chi connectivity index (χ4v) is 3.01. The molecule has 1 N–H and O–H groups in total. The van der Waals surface area contributed by atoms with Crippen LogP contribution in [0, 0.1) is 6.92 Å². The first-order chi connectivity index (χ1) is 10.1. The van der Waals surface area contributed by atoms with Crippen LogP contribution < -0.4 is 9.47 Å². The molecule has 0 radical (unpaired) electrons. The molecule has 110 valence electrons. The molecule has 2 aromatic rings. The number of carboxylic acid groups (broad SMARTS) is 1. The van der Waals surface area contributed by atoms with E-state index in [-0.39, 0.29) is 5.76 Å². The largest absolute Gasteiger partial charge is 0.486 e. The Kier molecular flexibility index (Phi) is 3.79. The number of hydrogen-bond acceptors (Lipinski definition) is 5. The lowest BCUT2D eigenvalue weighted by molar-refractivity contribution is 0.0661. The van der Waals surface area contributed by atoms with E-state index >= 15 is 0 Å². The number of carbonyl (C=O) groups is 1. The average molecular weight is 306 g/mol. The zero-order valence-corrected chi connectivity index (χ0v) is 12.2. The third-order valence-corrected chi connectivity index (χ3v) is 4.18. The SMILES string of the molecule is Cc1oc(C(=O)O)cc1CSc1ccc2c(c1)OCCO2. The summed E-state index contributed by atoms with van der Waals surface area (Å²) >= 11 is 1.60. The molecule has 0 aliphatic carbocycles. The van der Waals surface area contributed by atoms with E-state index in [4.69, 9.17) is 19.0 Å². The predicted molar refractivity (Wildman–Crippen MR) is 77.4 cm³/mol. The van der Waals surface area contributed by atoms with Crippen molar-refractivity contribution in [2.75, 3.05) is 13.2 Å². The van der Waals surface area contributed by atoms with Gasteiger partial charge in [-0.1, -0.05) is 0 Å². The molecular weight excluding hydrogens is 292 g/mol. The van der Waals surface area contributed by atoms with Gasteiger partial charge in [-0.05, 0) is 31.2 Å². The van der Waals surface area contributed by atoms with Gasteiger partial charge in [0.1, 0.15) is 19.0 Å². The molecule has 0 saturated carbocycles. The Labute approximate surface area is 125 Å². The molecule has 1 aromatic carbocycles. The van der Waals surface area contributed by atoms with E-state index in [0.29, 0.717) is 24.7 Å². The van der Waals surface area contributed by atoms with Crippen LogP contribution in [0.4, 0.5) is 0 Å². The van der Waals surface area contributed by atoms with Gasteiger partial charge in [0.05, 0.1) is 0 Å². The number of thioether (sulfide) groups is 1. The maximum absolute atomic E-state index is 10.9. The summed E-state index contributed by atoms with van der Waals surface area (Å²) in [5, 5.41) is 8.91. The van der Waals surface area contributed by atoms with E-state index in [2.05, 4.69) is 0 Å². The summed E-state index contributed by atoms with van der Waals surface area (Å²) in [6.07, 6.45) is 0. The predicted octanol–water partition coefficient (Wildman–Crippen LogP) is 3.35. The standard InChI is InChI=1S/C15H14O5S/c1-9-10(6-14(20-9)15(16)17)8-21-11-2-3-12-13(7-11)19-5-4-18-12/h2-3,6-7H,4-5,8H2,1H3,(H,16,17). The maximum atomic E-state index is 10.9. The molecule has 0 spiro atoms.